The van der Waals surface area contributed by atoms with Crippen LogP contribution in [-0.4, -0.2) is 54.8 Å². The van der Waals surface area contributed by atoms with Gasteiger partial charge in [-0.3, -0.25) is 15.0 Å². The molecule has 2 aromatic heterocycles. The number of hydrogen-bond acceptors (Lipinski definition) is 8. The molecular weight excluding hydrogens is 370 g/mol. The lowest BCUT2D eigenvalue weighted by molar-refractivity contribution is -0.384. The monoisotopic (exact) mass is 389 g/mol. The summed E-state index contributed by atoms with van der Waals surface area (Å²) in [5.41, 5.74) is 0.898. The smallest absolute Gasteiger partial charge is 0.269 e. The van der Waals surface area contributed by atoms with Crippen molar-refractivity contribution in [2.45, 2.75) is 32.1 Å². The second-order valence-corrected chi connectivity index (χ2v) is 7.72. The van der Waals surface area contributed by atoms with Crippen LogP contribution in [0.5, 0.6) is 5.88 Å². The number of aromatic hydroxyl groups is 1. The lowest BCUT2D eigenvalue weighted by Crippen LogP contribution is -2.47. The Morgan fingerprint density at radius 1 is 1.30 bits per heavy atom. The van der Waals surface area contributed by atoms with Crippen LogP contribution in [0.1, 0.15) is 30.3 Å². The van der Waals surface area contributed by atoms with Crippen molar-refractivity contribution in [3.8, 4) is 5.88 Å². The van der Waals surface area contributed by atoms with Crippen LogP contribution < -0.4 is 0 Å². The van der Waals surface area contributed by atoms with Crippen LogP contribution in [0.25, 0.3) is 4.96 Å². The highest BCUT2D eigenvalue weighted by Crippen LogP contribution is 2.40. The molecule has 1 saturated heterocycles. The zero-order valence-corrected chi connectivity index (χ0v) is 15.7. The second-order valence-electron chi connectivity index (χ2n) is 6.71. The van der Waals surface area contributed by atoms with E-state index in [0.29, 0.717) is 22.9 Å². The molecule has 0 bridgehead atoms. The van der Waals surface area contributed by atoms with E-state index in [1.165, 1.54) is 34.3 Å². The van der Waals surface area contributed by atoms with Crippen molar-refractivity contribution >= 4 is 22.0 Å². The van der Waals surface area contributed by atoms with E-state index >= 15 is 0 Å². The summed E-state index contributed by atoms with van der Waals surface area (Å²) in [7, 11) is 0. The third kappa shape index (κ3) is 3.27. The number of fused-ring (bicyclic) bond motifs is 1. The van der Waals surface area contributed by atoms with Gasteiger partial charge >= 0.3 is 0 Å². The van der Waals surface area contributed by atoms with Crippen LogP contribution in [0.15, 0.2) is 30.6 Å². The highest BCUT2D eigenvalue weighted by molar-refractivity contribution is 7.17. The summed E-state index contributed by atoms with van der Waals surface area (Å²) in [6.07, 6.45) is 1.48. The van der Waals surface area contributed by atoms with Gasteiger partial charge in [-0.25, -0.2) is 4.98 Å². The minimum Gasteiger partial charge on any atom is -0.492 e. The average Bonchev–Trinajstić information content (AvgIpc) is 3.19. The minimum atomic E-state index is -0.418. The number of aromatic nitrogens is 3. The molecule has 0 spiro atoms. The number of nitro groups is 1. The molecule has 1 fully saturated rings. The number of benzene rings is 1. The Kier molecular flexibility index (Phi) is 4.54. The molecule has 1 aliphatic heterocycles. The Labute approximate surface area is 159 Å². The highest BCUT2D eigenvalue weighted by atomic mass is 32.1. The van der Waals surface area contributed by atoms with Crippen molar-refractivity contribution < 1.29 is 14.8 Å². The summed E-state index contributed by atoms with van der Waals surface area (Å²) in [5.74, 6) is 0.0441. The van der Waals surface area contributed by atoms with Gasteiger partial charge in [-0.05, 0) is 19.4 Å². The van der Waals surface area contributed by atoms with E-state index in [1.807, 2.05) is 13.8 Å². The van der Waals surface area contributed by atoms with E-state index in [4.69, 9.17) is 4.74 Å². The van der Waals surface area contributed by atoms with Crippen LogP contribution in [-0.2, 0) is 4.74 Å². The fourth-order valence-corrected chi connectivity index (χ4v) is 4.70. The fraction of sp³-hybridized carbons (Fsp3) is 0.412. The van der Waals surface area contributed by atoms with E-state index in [9.17, 15) is 15.2 Å². The Balaban J connectivity index is 1.80. The van der Waals surface area contributed by atoms with Gasteiger partial charge < -0.3 is 9.84 Å². The van der Waals surface area contributed by atoms with Crippen molar-refractivity contribution in [3.05, 3.63) is 51.1 Å². The largest absolute Gasteiger partial charge is 0.492 e. The SMILES string of the molecule is CC1CN(C(c2ccc([N+](=O)[O-])cc2)c2sc3ncnn3c2O)CC(C)O1. The third-order valence-electron chi connectivity index (χ3n) is 4.62. The lowest BCUT2D eigenvalue weighted by atomic mass is 10.0. The van der Waals surface area contributed by atoms with Gasteiger partial charge in [0.25, 0.3) is 5.69 Å². The third-order valence-corrected chi connectivity index (χ3v) is 5.71. The van der Waals surface area contributed by atoms with E-state index in [2.05, 4.69) is 15.0 Å². The number of non-ortho nitro benzene ring substituents is 1. The van der Waals surface area contributed by atoms with Crippen LogP contribution in [0, 0.1) is 10.1 Å². The number of hydrogen-bond donors (Lipinski definition) is 1. The van der Waals surface area contributed by atoms with Gasteiger partial charge in [0.15, 0.2) is 0 Å². The first kappa shape index (κ1) is 17.8. The molecule has 1 N–H and O–H groups in total. The first-order valence-electron chi connectivity index (χ1n) is 8.59. The Bertz CT molecular complexity index is 960. The maximum absolute atomic E-state index is 11.0. The van der Waals surface area contributed by atoms with Crippen molar-refractivity contribution in [1.82, 2.24) is 19.5 Å². The zero-order valence-electron chi connectivity index (χ0n) is 14.8. The molecular formula is C17H19N5O4S. The molecule has 1 aliphatic rings. The van der Waals surface area contributed by atoms with Crippen molar-refractivity contribution in [1.29, 1.82) is 0 Å². The molecule has 4 rings (SSSR count). The van der Waals surface area contributed by atoms with Gasteiger partial charge in [0.2, 0.25) is 10.8 Å². The minimum absolute atomic E-state index is 0.0353. The molecule has 0 amide bonds. The molecule has 3 unspecified atom stereocenters. The van der Waals surface area contributed by atoms with Crippen molar-refractivity contribution in [2.24, 2.45) is 0 Å². The van der Waals surface area contributed by atoms with Crippen LogP contribution in [0.4, 0.5) is 5.69 Å². The van der Waals surface area contributed by atoms with E-state index < -0.39 is 4.92 Å². The lowest BCUT2D eigenvalue weighted by Gasteiger charge is -2.40. The number of ether oxygens (including phenoxy) is 1. The molecule has 0 aliphatic carbocycles. The predicted octanol–water partition coefficient (Wildman–Crippen LogP) is 2.60. The van der Waals surface area contributed by atoms with E-state index in [1.54, 1.807) is 12.1 Å². The van der Waals surface area contributed by atoms with Gasteiger partial charge in [0.05, 0.1) is 28.1 Å². The molecule has 3 atom stereocenters. The number of rotatable bonds is 4. The maximum Gasteiger partial charge on any atom is 0.269 e. The topological polar surface area (TPSA) is 106 Å². The number of nitro benzene ring substituents is 1. The quantitative estimate of drug-likeness (QED) is 0.540. The molecule has 0 saturated carbocycles. The summed E-state index contributed by atoms with van der Waals surface area (Å²) in [6, 6.07) is 6.19. The average molecular weight is 389 g/mol. The Morgan fingerprint density at radius 2 is 1.96 bits per heavy atom. The van der Waals surface area contributed by atoms with Gasteiger partial charge in [-0.2, -0.15) is 9.61 Å². The summed E-state index contributed by atoms with van der Waals surface area (Å²) in [4.78, 5) is 18.3. The fourth-order valence-electron chi connectivity index (χ4n) is 3.61. The molecule has 9 nitrogen and oxygen atoms in total. The maximum atomic E-state index is 11.0. The molecule has 0 radical (unpaired) electrons. The standard InChI is InChI=1S/C17H19N5O4S/c1-10-7-20(8-11(2)26-10)14(12-3-5-13(6-4-12)22(24)25)15-16(23)21-17(27-15)18-9-19-21/h3-6,9-11,14,23H,7-8H2,1-2H3. The van der Waals surface area contributed by atoms with Crippen LogP contribution in [0.3, 0.4) is 0 Å². The summed E-state index contributed by atoms with van der Waals surface area (Å²) in [6.45, 7) is 5.38. The first-order chi connectivity index (χ1) is 12.9. The van der Waals surface area contributed by atoms with Crippen molar-refractivity contribution in [3.63, 3.8) is 0 Å². The first-order valence-corrected chi connectivity index (χ1v) is 9.41. The van der Waals surface area contributed by atoms with Gasteiger partial charge in [0, 0.05) is 25.2 Å². The molecule has 142 valence electrons. The van der Waals surface area contributed by atoms with Crippen molar-refractivity contribution in [2.75, 3.05) is 13.1 Å². The highest BCUT2D eigenvalue weighted by Gasteiger charge is 2.34. The summed E-state index contributed by atoms with van der Waals surface area (Å²) in [5, 5.41) is 25.8. The molecule has 10 heteroatoms. The van der Waals surface area contributed by atoms with E-state index in [0.717, 1.165) is 5.56 Å². The zero-order chi connectivity index (χ0) is 19.1. The van der Waals surface area contributed by atoms with Crippen LogP contribution >= 0.6 is 11.3 Å². The number of thiazole rings is 1. The predicted molar refractivity (Wildman–Crippen MR) is 99.1 cm³/mol. The van der Waals surface area contributed by atoms with E-state index in [-0.39, 0.29) is 29.8 Å². The Hall–Kier alpha value is -2.56. The summed E-state index contributed by atoms with van der Waals surface area (Å²) < 4.78 is 7.25. The Morgan fingerprint density at radius 3 is 2.56 bits per heavy atom. The number of nitrogens with zero attached hydrogens (tertiary/aromatic N) is 5. The molecule has 3 aromatic rings. The molecule has 27 heavy (non-hydrogen) atoms. The van der Waals surface area contributed by atoms with Gasteiger partial charge in [-0.1, -0.05) is 23.5 Å². The number of morpholine rings is 1. The van der Waals surface area contributed by atoms with Gasteiger partial charge in [-0.15, -0.1) is 0 Å². The normalized spacial score (nSPS) is 22.1. The summed E-state index contributed by atoms with van der Waals surface area (Å²) >= 11 is 1.36. The van der Waals surface area contributed by atoms with Crippen LogP contribution in [0.2, 0.25) is 0 Å². The second kappa shape index (κ2) is 6.87. The molecule has 3 heterocycles. The van der Waals surface area contributed by atoms with Gasteiger partial charge in [0.1, 0.15) is 6.33 Å². The molecule has 1 aromatic carbocycles.